The molecule has 1 amide bonds. The second-order valence-corrected chi connectivity index (χ2v) is 5.87. The molecule has 2 saturated heterocycles. The van der Waals surface area contributed by atoms with E-state index in [9.17, 15) is 14.7 Å². The standard InChI is InChI=1S/C16H21N3O3/c1-3-18-7-11(18)9-5-6-10(15(17)20)13(14(9)16(21)22)12-8-19(12)4-2/h5-6,11-12H,3-4,7-8H2,1-2H3,(H2,17,20)(H,21,22). The van der Waals surface area contributed by atoms with Crippen LogP contribution in [0.25, 0.3) is 0 Å². The van der Waals surface area contributed by atoms with Gasteiger partial charge < -0.3 is 10.8 Å². The predicted molar refractivity (Wildman–Crippen MR) is 81.9 cm³/mol. The molecule has 0 radical (unpaired) electrons. The van der Waals surface area contributed by atoms with Crippen LogP contribution in [0.3, 0.4) is 0 Å². The van der Waals surface area contributed by atoms with Crippen molar-refractivity contribution in [2.24, 2.45) is 5.73 Å². The van der Waals surface area contributed by atoms with Crippen LogP contribution in [0, 0.1) is 0 Å². The van der Waals surface area contributed by atoms with Gasteiger partial charge in [-0.3, -0.25) is 14.6 Å². The number of amides is 1. The molecule has 4 atom stereocenters. The maximum atomic E-state index is 11.9. The third kappa shape index (κ3) is 2.38. The first-order valence-electron chi connectivity index (χ1n) is 7.67. The molecule has 2 fully saturated rings. The summed E-state index contributed by atoms with van der Waals surface area (Å²) in [4.78, 5) is 27.9. The fourth-order valence-corrected chi connectivity index (χ4v) is 3.33. The van der Waals surface area contributed by atoms with Crippen molar-refractivity contribution in [3.63, 3.8) is 0 Å². The first-order valence-corrected chi connectivity index (χ1v) is 7.67. The third-order valence-electron chi connectivity index (χ3n) is 4.69. The van der Waals surface area contributed by atoms with Crippen molar-refractivity contribution in [2.75, 3.05) is 26.2 Å². The van der Waals surface area contributed by atoms with Crippen LogP contribution >= 0.6 is 0 Å². The van der Waals surface area contributed by atoms with E-state index in [1.165, 1.54) is 0 Å². The number of rotatable bonds is 6. The number of carboxylic acid groups (broad SMARTS) is 1. The summed E-state index contributed by atoms with van der Waals surface area (Å²) < 4.78 is 0. The topological polar surface area (TPSA) is 86.4 Å². The van der Waals surface area contributed by atoms with Crippen LogP contribution in [0.15, 0.2) is 12.1 Å². The summed E-state index contributed by atoms with van der Waals surface area (Å²) in [6.07, 6.45) is 0. The minimum atomic E-state index is -0.973. The van der Waals surface area contributed by atoms with E-state index in [1.54, 1.807) is 12.1 Å². The number of hydrogen-bond acceptors (Lipinski definition) is 4. The highest BCUT2D eigenvalue weighted by atomic mass is 16.4. The number of likely N-dealkylation sites (N-methyl/N-ethyl adjacent to an activating group) is 2. The van der Waals surface area contributed by atoms with E-state index in [4.69, 9.17) is 5.73 Å². The maximum Gasteiger partial charge on any atom is 0.336 e. The van der Waals surface area contributed by atoms with Gasteiger partial charge in [0, 0.05) is 30.7 Å². The minimum absolute atomic E-state index is 0.00706. The number of nitrogens with two attached hydrogens (primary N) is 1. The number of aromatic carboxylic acids is 1. The molecular weight excluding hydrogens is 282 g/mol. The number of hydrogen-bond donors (Lipinski definition) is 2. The Labute approximate surface area is 129 Å². The lowest BCUT2D eigenvalue weighted by Gasteiger charge is -2.15. The van der Waals surface area contributed by atoms with Gasteiger partial charge in [0.2, 0.25) is 5.91 Å². The fourth-order valence-electron chi connectivity index (χ4n) is 3.33. The van der Waals surface area contributed by atoms with Crippen molar-refractivity contribution in [3.05, 3.63) is 34.4 Å². The molecular formula is C16H21N3O3. The second kappa shape index (κ2) is 5.37. The molecule has 0 saturated carbocycles. The van der Waals surface area contributed by atoms with Crippen molar-refractivity contribution < 1.29 is 14.7 Å². The summed E-state index contributed by atoms with van der Waals surface area (Å²) in [7, 11) is 0. The lowest BCUT2D eigenvalue weighted by Crippen LogP contribution is -2.19. The first kappa shape index (κ1) is 15.0. The zero-order valence-electron chi connectivity index (χ0n) is 12.9. The highest BCUT2D eigenvalue weighted by molar-refractivity contribution is 6.00. The number of carbonyl (C=O) groups excluding carboxylic acids is 1. The number of primary amides is 1. The lowest BCUT2D eigenvalue weighted by molar-refractivity contribution is 0.0694. The Hall–Kier alpha value is -1.92. The highest BCUT2D eigenvalue weighted by Gasteiger charge is 2.43. The average molecular weight is 303 g/mol. The van der Waals surface area contributed by atoms with Crippen LogP contribution in [-0.2, 0) is 0 Å². The molecule has 0 spiro atoms. The van der Waals surface area contributed by atoms with Crippen LogP contribution in [0.1, 0.15) is 57.8 Å². The number of nitrogens with zero attached hydrogens (tertiary/aromatic N) is 2. The highest BCUT2D eigenvalue weighted by Crippen LogP contribution is 2.44. The van der Waals surface area contributed by atoms with E-state index in [2.05, 4.69) is 16.7 Å². The predicted octanol–water partition coefficient (Wildman–Crippen LogP) is 1.24. The zero-order chi connectivity index (χ0) is 16.0. The van der Waals surface area contributed by atoms with Gasteiger partial charge in [-0.15, -0.1) is 0 Å². The van der Waals surface area contributed by atoms with Crippen LogP contribution in [0.4, 0.5) is 0 Å². The van der Waals surface area contributed by atoms with Crippen molar-refractivity contribution in [3.8, 4) is 0 Å². The molecule has 0 aliphatic carbocycles. The van der Waals surface area contributed by atoms with E-state index in [1.807, 2.05) is 6.92 Å². The van der Waals surface area contributed by atoms with E-state index in [-0.39, 0.29) is 17.6 Å². The molecule has 3 N–H and O–H groups in total. The summed E-state index contributed by atoms with van der Waals surface area (Å²) in [5.74, 6) is -1.53. The molecule has 118 valence electrons. The van der Waals surface area contributed by atoms with Crippen LogP contribution in [0.2, 0.25) is 0 Å². The van der Waals surface area contributed by atoms with E-state index < -0.39 is 11.9 Å². The normalized spacial score (nSPS) is 29.2. The second-order valence-electron chi connectivity index (χ2n) is 5.87. The van der Waals surface area contributed by atoms with Gasteiger partial charge >= 0.3 is 5.97 Å². The number of benzene rings is 1. The zero-order valence-corrected chi connectivity index (χ0v) is 12.9. The van der Waals surface area contributed by atoms with E-state index >= 15 is 0 Å². The summed E-state index contributed by atoms with van der Waals surface area (Å²) in [5.41, 5.74) is 7.49. The molecule has 0 bridgehead atoms. The molecule has 2 aliphatic heterocycles. The SMILES string of the molecule is CCN1CC1c1ccc(C(N)=O)c(C2CN2CC)c1C(=O)O. The molecule has 1 aromatic rings. The van der Waals surface area contributed by atoms with Crippen molar-refractivity contribution in [1.82, 2.24) is 9.80 Å². The van der Waals surface area contributed by atoms with Gasteiger partial charge in [0.15, 0.2) is 0 Å². The van der Waals surface area contributed by atoms with E-state index in [0.717, 1.165) is 31.7 Å². The molecule has 4 unspecified atom stereocenters. The Morgan fingerprint density at radius 1 is 1.18 bits per heavy atom. The Balaban J connectivity index is 2.12. The molecule has 22 heavy (non-hydrogen) atoms. The molecule has 6 heteroatoms. The Morgan fingerprint density at radius 3 is 2.23 bits per heavy atom. The molecule has 2 heterocycles. The summed E-state index contributed by atoms with van der Waals surface area (Å²) >= 11 is 0. The fraction of sp³-hybridized carbons (Fsp3) is 0.500. The van der Waals surface area contributed by atoms with Gasteiger partial charge in [0.1, 0.15) is 0 Å². The van der Waals surface area contributed by atoms with E-state index in [0.29, 0.717) is 11.1 Å². The molecule has 3 rings (SSSR count). The first-order chi connectivity index (χ1) is 10.5. The molecule has 6 nitrogen and oxygen atoms in total. The van der Waals surface area contributed by atoms with Gasteiger partial charge in [-0.05, 0) is 30.3 Å². The minimum Gasteiger partial charge on any atom is -0.478 e. The van der Waals surface area contributed by atoms with Gasteiger partial charge in [0.05, 0.1) is 5.56 Å². The monoisotopic (exact) mass is 303 g/mol. The third-order valence-corrected chi connectivity index (χ3v) is 4.69. The Bertz CT molecular complexity index is 644. The van der Waals surface area contributed by atoms with Crippen LogP contribution < -0.4 is 5.73 Å². The van der Waals surface area contributed by atoms with Crippen molar-refractivity contribution in [2.45, 2.75) is 25.9 Å². The van der Waals surface area contributed by atoms with Crippen molar-refractivity contribution >= 4 is 11.9 Å². The number of carbonyl (C=O) groups is 2. The average Bonchev–Trinajstić information content (AvgIpc) is 3.37. The van der Waals surface area contributed by atoms with Gasteiger partial charge in [-0.25, -0.2) is 4.79 Å². The smallest absolute Gasteiger partial charge is 0.336 e. The molecule has 1 aromatic carbocycles. The largest absolute Gasteiger partial charge is 0.478 e. The van der Waals surface area contributed by atoms with Gasteiger partial charge in [0.25, 0.3) is 0 Å². The van der Waals surface area contributed by atoms with Crippen LogP contribution in [-0.4, -0.2) is 53.0 Å². The summed E-state index contributed by atoms with van der Waals surface area (Å²) in [6, 6.07) is 3.59. The number of carboxylic acids is 1. The lowest BCUT2D eigenvalue weighted by atomic mass is 9.91. The molecule has 2 aliphatic rings. The van der Waals surface area contributed by atoms with Crippen molar-refractivity contribution in [1.29, 1.82) is 0 Å². The summed E-state index contributed by atoms with van der Waals surface area (Å²) in [6.45, 7) is 7.45. The Kier molecular flexibility index (Phi) is 3.66. The maximum absolute atomic E-state index is 11.9. The van der Waals surface area contributed by atoms with Gasteiger partial charge in [-0.1, -0.05) is 19.9 Å². The summed E-state index contributed by atoms with van der Waals surface area (Å²) in [5, 5.41) is 9.73. The quantitative estimate of drug-likeness (QED) is 0.772. The Morgan fingerprint density at radius 2 is 1.77 bits per heavy atom. The molecule has 0 aromatic heterocycles. The van der Waals surface area contributed by atoms with Crippen LogP contribution in [0.5, 0.6) is 0 Å². The van der Waals surface area contributed by atoms with Gasteiger partial charge in [-0.2, -0.15) is 0 Å².